The zero-order chi connectivity index (χ0) is 14.5. The molecular formula is C12H11N3O3S2. The highest BCUT2D eigenvalue weighted by atomic mass is 32.2. The summed E-state index contributed by atoms with van der Waals surface area (Å²) in [6, 6.07) is 7.23. The number of hydrogen-bond donors (Lipinski definition) is 1. The van der Waals surface area contributed by atoms with Crippen molar-refractivity contribution in [2.75, 3.05) is 11.1 Å². The number of benzene rings is 1. The summed E-state index contributed by atoms with van der Waals surface area (Å²) in [6.45, 7) is 2.00. The van der Waals surface area contributed by atoms with Crippen molar-refractivity contribution < 1.29 is 9.72 Å². The molecule has 0 spiro atoms. The smallest absolute Gasteiger partial charge is 0.298 e. The number of anilines is 1. The Morgan fingerprint density at radius 1 is 1.50 bits per heavy atom. The van der Waals surface area contributed by atoms with Gasteiger partial charge in [0.15, 0.2) is 5.13 Å². The normalized spacial score (nSPS) is 10.2. The molecule has 104 valence electrons. The van der Waals surface area contributed by atoms with Gasteiger partial charge in [0.1, 0.15) is 6.20 Å². The fourth-order valence-electron chi connectivity index (χ4n) is 1.51. The van der Waals surface area contributed by atoms with Crippen molar-refractivity contribution in [1.29, 1.82) is 0 Å². The summed E-state index contributed by atoms with van der Waals surface area (Å²) in [5.41, 5.74) is 0.539. The zero-order valence-corrected chi connectivity index (χ0v) is 12.2. The monoisotopic (exact) mass is 309 g/mol. The summed E-state index contributed by atoms with van der Waals surface area (Å²) in [5, 5.41) is 13.3. The minimum atomic E-state index is -0.534. The Hall–Kier alpha value is -1.93. The molecule has 0 radical (unpaired) electrons. The minimum Gasteiger partial charge on any atom is -0.298 e. The maximum absolute atomic E-state index is 12.2. The van der Waals surface area contributed by atoms with Gasteiger partial charge in [-0.3, -0.25) is 20.2 Å². The van der Waals surface area contributed by atoms with Gasteiger partial charge in [0.05, 0.1) is 10.5 Å². The van der Waals surface area contributed by atoms with Gasteiger partial charge in [0.2, 0.25) is 0 Å². The Kier molecular flexibility index (Phi) is 4.70. The number of rotatable bonds is 5. The van der Waals surface area contributed by atoms with Crippen molar-refractivity contribution in [2.24, 2.45) is 0 Å². The summed E-state index contributed by atoms with van der Waals surface area (Å²) in [4.78, 5) is 26.9. The van der Waals surface area contributed by atoms with Gasteiger partial charge in [-0.15, -0.1) is 11.8 Å². The van der Waals surface area contributed by atoms with Crippen LogP contribution in [0, 0.1) is 10.1 Å². The number of hydrogen-bond acceptors (Lipinski definition) is 6. The zero-order valence-electron chi connectivity index (χ0n) is 10.5. The lowest BCUT2D eigenvalue weighted by atomic mass is 10.2. The van der Waals surface area contributed by atoms with Gasteiger partial charge >= 0.3 is 5.00 Å². The maximum Gasteiger partial charge on any atom is 0.345 e. The third kappa shape index (κ3) is 3.34. The van der Waals surface area contributed by atoms with Crippen molar-refractivity contribution in [3.63, 3.8) is 0 Å². The van der Waals surface area contributed by atoms with E-state index in [0.717, 1.165) is 28.2 Å². The van der Waals surface area contributed by atoms with Crippen LogP contribution in [0.3, 0.4) is 0 Å². The molecule has 1 amide bonds. The lowest BCUT2D eigenvalue weighted by Gasteiger charge is -2.06. The van der Waals surface area contributed by atoms with E-state index >= 15 is 0 Å². The van der Waals surface area contributed by atoms with Crippen molar-refractivity contribution >= 4 is 39.1 Å². The molecule has 0 saturated heterocycles. The molecule has 1 heterocycles. The van der Waals surface area contributed by atoms with Crippen LogP contribution in [0.15, 0.2) is 35.4 Å². The molecule has 0 bridgehead atoms. The van der Waals surface area contributed by atoms with Crippen LogP contribution in [0.5, 0.6) is 0 Å². The fourth-order valence-corrected chi connectivity index (χ4v) is 2.94. The first-order valence-electron chi connectivity index (χ1n) is 5.75. The Bertz CT molecular complexity index is 642. The van der Waals surface area contributed by atoms with Crippen molar-refractivity contribution in [3.05, 3.63) is 46.1 Å². The molecule has 8 heteroatoms. The number of nitrogens with zero attached hydrogens (tertiary/aromatic N) is 2. The molecule has 2 rings (SSSR count). The number of nitro groups is 1. The molecule has 1 aromatic heterocycles. The minimum absolute atomic E-state index is 0.100. The van der Waals surface area contributed by atoms with Crippen LogP contribution in [0.1, 0.15) is 17.3 Å². The average molecular weight is 309 g/mol. The standard InChI is InChI=1S/C12H11N3O3S2/c1-2-19-9-6-4-3-5-8(9)11(16)14-12-13-7-10(20-12)15(17)18/h3-7H,2H2,1H3,(H,13,14,16). The van der Waals surface area contributed by atoms with E-state index in [1.165, 1.54) is 0 Å². The molecule has 20 heavy (non-hydrogen) atoms. The molecule has 0 aliphatic heterocycles. The summed E-state index contributed by atoms with van der Waals surface area (Å²) < 4.78 is 0. The van der Waals surface area contributed by atoms with Crippen LogP contribution >= 0.6 is 23.1 Å². The average Bonchev–Trinajstić information content (AvgIpc) is 2.88. The SMILES string of the molecule is CCSc1ccccc1C(=O)Nc1ncc([N+](=O)[O-])s1. The van der Waals surface area contributed by atoms with Gasteiger partial charge in [-0.05, 0) is 29.2 Å². The number of thiazole rings is 1. The summed E-state index contributed by atoms with van der Waals surface area (Å²) in [6.07, 6.45) is 1.13. The van der Waals surface area contributed by atoms with Crippen LogP contribution in [0.2, 0.25) is 0 Å². The molecule has 0 unspecified atom stereocenters. The number of carbonyl (C=O) groups is 1. The molecule has 0 aliphatic carbocycles. The quantitative estimate of drug-likeness (QED) is 0.519. The van der Waals surface area contributed by atoms with E-state index in [1.807, 2.05) is 19.1 Å². The van der Waals surface area contributed by atoms with E-state index in [1.54, 1.807) is 23.9 Å². The first kappa shape index (κ1) is 14.5. The first-order chi connectivity index (χ1) is 9.61. The van der Waals surface area contributed by atoms with Crippen LogP contribution in [0.25, 0.3) is 0 Å². The Morgan fingerprint density at radius 2 is 2.25 bits per heavy atom. The highest BCUT2D eigenvalue weighted by Crippen LogP contribution is 2.27. The fraction of sp³-hybridized carbons (Fsp3) is 0.167. The van der Waals surface area contributed by atoms with Crippen LogP contribution in [-0.2, 0) is 0 Å². The van der Waals surface area contributed by atoms with Crippen molar-refractivity contribution in [3.8, 4) is 0 Å². The second-order valence-electron chi connectivity index (χ2n) is 3.64. The lowest BCUT2D eigenvalue weighted by Crippen LogP contribution is -2.12. The Balaban J connectivity index is 2.17. The molecule has 1 aromatic carbocycles. The summed E-state index contributed by atoms with van der Waals surface area (Å²) in [5.74, 6) is 0.540. The second-order valence-corrected chi connectivity index (χ2v) is 5.96. The van der Waals surface area contributed by atoms with E-state index in [0.29, 0.717) is 5.56 Å². The van der Waals surface area contributed by atoms with Crippen LogP contribution in [-0.4, -0.2) is 21.6 Å². The molecule has 0 saturated carbocycles. The van der Waals surface area contributed by atoms with E-state index in [-0.39, 0.29) is 16.0 Å². The number of thioether (sulfide) groups is 1. The van der Waals surface area contributed by atoms with Gasteiger partial charge in [-0.2, -0.15) is 0 Å². The second kappa shape index (κ2) is 6.49. The van der Waals surface area contributed by atoms with Gasteiger partial charge in [-0.1, -0.05) is 19.1 Å². The molecule has 2 aromatic rings. The number of amides is 1. The third-order valence-electron chi connectivity index (χ3n) is 2.33. The van der Waals surface area contributed by atoms with E-state index in [4.69, 9.17) is 0 Å². The topological polar surface area (TPSA) is 85.1 Å². The number of carbonyl (C=O) groups excluding carboxylic acids is 1. The Labute approximate surface area is 123 Å². The van der Waals surface area contributed by atoms with E-state index in [9.17, 15) is 14.9 Å². The van der Waals surface area contributed by atoms with Gasteiger partial charge in [-0.25, -0.2) is 4.98 Å². The number of aromatic nitrogens is 1. The van der Waals surface area contributed by atoms with Crippen LogP contribution in [0.4, 0.5) is 10.1 Å². The largest absolute Gasteiger partial charge is 0.345 e. The highest BCUT2D eigenvalue weighted by Gasteiger charge is 2.16. The van der Waals surface area contributed by atoms with E-state index < -0.39 is 4.92 Å². The van der Waals surface area contributed by atoms with Crippen molar-refractivity contribution in [2.45, 2.75) is 11.8 Å². The summed E-state index contributed by atoms with van der Waals surface area (Å²) in [7, 11) is 0. The predicted octanol–water partition coefficient (Wildman–Crippen LogP) is 3.42. The summed E-state index contributed by atoms with van der Waals surface area (Å²) >= 11 is 2.40. The highest BCUT2D eigenvalue weighted by molar-refractivity contribution is 7.99. The third-order valence-corrected chi connectivity index (χ3v) is 4.15. The van der Waals surface area contributed by atoms with Crippen LogP contribution < -0.4 is 5.32 Å². The van der Waals surface area contributed by atoms with Gasteiger partial charge < -0.3 is 0 Å². The predicted molar refractivity (Wildman–Crippen MR) is 79.6 cm³/mol. The molecule has 0 fully saturated rings. The number of nitrogens with one attached hydrogen (secondary N) is 1. The maximum atomic E-state index is 12.2. The molecule has 0 atom stereocenters. The first-order valence-corrected chi connectivity index (χ1v) is 7.55. The molecule has 0 aliphatic rings. The molecular weight excluding hydrogens is 298 g/mol. The Morgan fingerprint density at radius 3 is 2.90 bits per heavy atom. The van der Waals surface area contributed by atoms with Gasteiger partial charge in [0, 0.05) is 4.90 Å². The van der Waals surface area contributed by atoms with Crippen molar-refractivity contribution in [1.82, 2.24) is 4.98 Å². The molecule has 6 nitrogen and oxygen atoms in total. The van der Waals surface area contributed by atoms with Gasteiger partial charge in [0.25, 0.3) is 5.91 Å². The lowest BCUT2D eigenvalue weighted by molar-refractivity contribution is -0.380. The van der Waals surface area contributed by atoms with E-state index in [2.05, 4.69) is 10.3 Å². The molecule has 1 N–H and O–H groups in total.